The molecule has 1 aromatic rings. The summed E-state index contributed by atoms with van der Waals surface area (Å²) in [4.78, 5) is 9.47. The van der Waals surface area contributed by atoms with Crippen LogP contribution in [0.25, 0.3) is 0 Å². The number of nitrogens with two attached hydrogens (primary N) is 1. The standard InChI is InChI=1S/C15H24N4/c1-18(10-14-4-2-3-7-17-14)15(11-16)12-19-8-5-13(15)6-9-19/h2-4,7,13H,5-6,8-12,16H2,1H3. The van der Waals surface area contributed by atoms with Gasteiger partial charge in [-0.3, -0.25) is 9.88 Å². The van der Waals surface area contributed by atoms with Gasteiger partial charge < -0.3 is 10.6 Å². The van der Waals surface area contributed by atoms with Crippen molar-refractivity contribution in [1.29, 1.82) is 0 Å². The number of fused-ring (bicyclic) bond motifs is 3. The van der Waals surface area contributed by atoms with Gasteiger partial charge in [0.2, 0.25) is 0 Å². The largest absolute Gasteiger partial charge is 0.329 e. The Bertz CT molecular complexity index is 413. The van der Waals surface area contributed by atoms with E-state index in [4.69, 9.17) is 5.73 Å². The lowest BCUT2D eigenvalue weighted by molar-refractivity contribution is -0.0600. The van der Waals surface area contributed by atoms with Crippen molar-refractivity contribution in [3.8, 4) is 0 Å². The van der Waals surface area contributed by atoms with Crippen molar-refractivity contribution in [2.75, 3.05) is 33.2 Å². The Morgan fingerprint density at radius 3 is 2.74 bits per heavy atom. The maximum Gasteiger partial charge on any atom is 0.0544 e. The van der Waals surface area contributed by atoms with Gasteiger partial charge in [0.25, 0.3) is 0 Å². The van der Waals surface area contributed by atoms with Crippen molar-refractivity contribution in [2.45, 2.75) is 24.9 Å². The molecule has 0 saturated carbocycles. The predicted octanol–water partition coefficient (Wildman–Crippen LogP) is 0.936. The van der Waals surface area contributed by atoms with Crippen LogP contribution in [-0.4, -0.2) is 53.5 Å². The normalized spacial score (nSPS) is 33.8. The van der Waals surface area contributed by atoms with Gasteiger partial charge in [-0.25, -0.2) is 0 Å². The average molecular weight is 260 g/mol. The van der Waals surface area contributed by atoms with Crippen molar-refractivity contribution < 1.29 is 0 Å². The monoisotopic (exact) mass is 260 g/mol. The molecule has 3 fully saturated rings. The quantitative estimate of drug-likeness (QED) is 0.875. The molecule has 104 valence electrons. The SMILES string of the molecule is CN(Cc1ccccn1)C1(CN)CN2CCC1CC2. The lowest BCUT2D eigenvalue weighted by Gasteiger charge is -2.56. The van der Waals surface area contributed by atoms with Crippen molar-refractivity contribution in [3.05, 3.63) is 30.1 Å². The van der Waals surface area contributed by atoms with E-state index in [0.29, 0.717) is 0 Å². The van der Waals surface area contributed by atoms with Crippen LogP contribution in [0.4, 0.5) is 0 Å². The third-order valence-corrected chi connectivity index (χ3v) is 5.08. The van der Waals surface area contributed by atoms with Gasteiger partial charge in [-0.15, -0.1) is 0 Å². The Labute approximate surface area is 115 Å². The summed E-state index contributed by atoms with van der Waals surface area (Å²) in [5, 5.41) is 0. The van der Waals surface area contributed by atoms with E-state index in [1.165, 1.54) is 25.9 Å². The number of rotatable bonds is 4. The maximum absolute atomic E-state index is 6.19. The minimum absolute atomic E-state index is 0.147. The van der Waals surface area contributed by atoms with Gasteiger partial charge in [0, 0.05) is 31.4 Å². The molecule has 4 heteroatoms. The third-order valence-electron chi connectivity index (χ3n) is 5.08. The van der Waals surface area contributed by atoms with E-state index in [1.54, 1.807) is 0 Å². The second-order valence-electron chi connectivity index (χ2n) is 6.04. The van der Waals surface area contributed by atoms with Gasteiger partial charge in [0.1, 0.15) is 0 Å². The van der Waals surface area contributed by atoms with Crippen LogP contribution in [-0.2, 0) is 6.54 Å². The molecule has 2 bridgehead atoms. The minimum atomic E-state index is 0.147. The molecular weight excluding hydrogens is 236 g/mol. The molecule has 4 nitrogen and oxygen atoms in total. The molecule has 0 radical (unpaired) electrons. The zero-order valence-electron chi connectivity index (χ0n) is 11.8. The number of likely N-dealkylation sites (N-methyl/N-ethyl adjacent to an activating group) is 1. The van der Waals surface area contributed by atoms with E-state index >= 15 is 0 Å². The predicted molar refractivity (Wildman–Crippen MR) is 76.7 cm³/mol. The van der Waals surface area contributed by atoms with Crippen LogP contribution in [0.2, 0.25) is 0 Å². The molecule has 0 amide bonds. The molecule has 1 atom stereocenters. The number of nitrogens with zero attached hydrogens (tertiary/aromatic N) is 3. The van der Waals surface area contributed by atoms with Gasteiger partial charge in [-0.1, -0.05) is 6.07 Å². The van der Waals surface area contributed by atoms with Gasteiger partial charge in [0.15, 0.2) is 0 Å². The van der Waals surface area contributed by atoms with Crippen LogP contribution in [0, 0.1) is 5.92 Å². The fourth-order valence-electron chi connectivity index (χ4n) is 3.86. The van der Waals surface area contributed by atoms with E-state index < -0.39 is 0 Å². The highest BCUT2D eigenvalue weighted by molar-refractivity contribution is 5.09. The molecule has 4 heterocycles. The van der Waals surface area contributed by atoms with E-state index in [-0.39, 0.29) is 5.54 Å². The summed E-state index contributed by atoms with van der Waals surface area (Å²) in [6.45, 7) is 5.27. The van der Waals surface area contributed by atoms with E-state index in [9.17, 15) is 0 Å². The summed E-state index contributed by atoms with van der Waals surface area (Å²) in [7, 11) is 2.21. The van der Waals surface area contributed by atoms with E-state index in [0.717, 1.165) is 31.2 Å². The zero-order chi connectivity index (χ0) is 13.3. The summed E-state index contributed by atoms with van der Waals surface area (Å²) >= 11 is 0. The fraction of sp³-hybridized carbons (Fsp3) is 0.667. The summed E-state index contributed by atoms with van der Waals surface area (Å²) in [5.74, 6) is 0.746. The van der Waals surface area contributed by atoms with Crippen molar-refractivity contribution in [2.24, 2.45) is 11.7 Å². The second-order valence-corrected chi connectivity index (χ2v) is 6.04. The average Bonchev–Trinajstić information content (AvgIpc) is 2.49. The molecule has 0 aliphatic carbocycles. The first kappa shape index (κ1) is 13.0. The molecule has 1 aromatic heterocycles. The van der Waals surface area contributed by atoms with Crippen molar-refractivity contribution in [3.63, 3.8) is 0 Å². The molecular formula is C15H24N4. The summed E-state index contributed by atoms with van der Waals surface area (Å²) in [5.41, 5.74) is 7.47. The lowest BCUT2D eigenvalue weighted by Crippen LogP contribution is -2.69. The van der Waals surface area contributed by atoms with Crippen molar-refractivity contribution in [1.82, 2.24) is 14.8 Å². The topological polar surface area (TPSA) is 45.4 Å². The van der Waals surface area contributed by atoms with Crippen LogP contribution in [0.3, 0.4) is 0 Å². The molecule has 3 aliphatic heterocycles. The lowest BCUT2D eigenvalue weighted by atomic mass is 9.71. The van der Waals surface area contributed by atoms with Crippen LogP contribution in [0.1, 0.15) is 18.5 Å². The van der Waals surface area contributed by atoms with Crippen molar-refractivity contribution >= 4 is 0 Å². The number of piperidine rings is 3. The summed E-state index contributed by atoms with van der Waals surface area (Å²) in [6, 6.07) is 6.13. The third kappa shape index (κ3) is 2.29. The Hall–Kier alpha value is -0.970. The van der Waals surface area contributed by atoms with Crippen LogP contribution < -0.4 is 5.73 Å². The van der Waals surface area contributed by atoms with Gasteiger partial charge >= 0.3 is 0 Å². The highest BCUT2D eigenvalue weighted by atomic mass is 15.3. The van der Waals surface area contributed by atoms with E-state index in [2.05, 4.69) is 34.0 Å². The molecule has 3 saturated heterocycles. The smallest absolute Gasteiger partial charge is 0.0544 e. The maximum atomic E-state index is 6.19. The number of hydrogen-bond donors (Lipinski definition) is 1. The molecule has 2 N–H and O–H groups in total. The number of aromatic nitrogens is 1. The molecule has 19 heavy (non-hydrogen) atoms. The Balaban J connectivity index is 1.78. The first-order valence-electron chi connectivity index (χ1n) is 7.28. The summed E-state index contributed by atoms with van der Waals surface area (Å²) in [6.07, 6.45) is 4.46. The molecule has 3 aliphatic rings. The first-order chi connectivity index (χ1) is 9.24. The Morgan fingerprint density at radius 2 is 2.21 bits per heavy atom. The molecule has 1 unspecified atom stereocenters. The molecule has 0 aromatic carbocycles. The highest BCUT2D eigenvalue weighted by Gasteiger charge is 2.48. The Kier molecular flexibility index (Phi) is 3.56. The first-order valence-corrected chi connectivity index (χ1v) is 7.28. The summed E-state index contributed by atoms with van der Waals surface area (Å²) < 4.78 is 0. The second kappa shape index (κ2) is 5.19. The van der Waals surface area contributed by atoms with Gasteiger partial charge in [-0.2, -0.15) is 0 Å². The molecule has 4 rings (SSSR count). The number of pyridine rings is 1. The van der Waals surface area contributed by atoms with Gasteiger partial charge in [0.05, 0.1) is 5.69 Å². The van der Waals surface area contributed by atoms with Crippen LogP contribution >= 0.6 is 0 Å². The Morgan fingerprint density at radius 1 is 1.42 bits per heavy atom. The zero-order valence-corrected chi connectivity index (χ0v) is 11.8. The highest BCUT2D eigenvalue weighted by Crippen LogP contribution is 2.39. The van der Waals surface area contributed by atoms with Crippen LogP contribution in [0.15, 0.2) is 24.4 Å². The van der Waals surface area contributed by atoms with Crippen LogP contribution in [0.5, 0.6) is 0 Å². The fourth-order valence-corrected chi connectivity index (χ4v) is 3.86. The van der Waals surface area contributed by atoms with E-state index in [1.807, 2.05) is 12.3 Å². The van der Waals surface area contributed by atoms with Gasteiger partial charge in [-0.05, 0) is 51.0 Å². The molecule has 0 spiro atoms. The number of hydrogen-bond acceptors (Lipinski definition) is 4. The minimum Gasteiger partial charge on any atom is -0.329 e.